The number of halogens is 1. The molecule has 1 aliphatic carbocycles. The van der Waals surface area contributed by atoms with Crippen LogP contribution in [0.1, 0.15) is 73.3 Å². The van der Waals surface area contributed by atoms with Crippen molar-refractivity contribution in [2.45, 2.75) is 96.3 Å². The Morgan fingerprint density at radius 1 is 0.806 bits per heavy atom. The van der Waals surface area contributed by atoms with E-state index in [1.165, 1.54) is 35.4 Å². The van der Waals surface area contributed by atoms with Crippen LogP contribution in [0.5, 0.6) is 0 Å². The van der Waals surface area contributed by atoms with Crippen LogP contribution in [0.3, 0.4) is 0 Å². The second-order valence-electron chi connectivity index (χ2n) is 11.3. The van der Waals surface area contributed by atoms with E-state index in [0.717, 1.165) is 11.6 Å². The highest BCUT2D eigenvalue weighted by Gasteiger charge is 2.46. The van der Waals surface area contributed by atoms with Gasteiger partial charge in [0.25, 0.3) is 0 Å². The van der Waals surface area contributed by atoms with Gasteiger partial charge in [0.05, 0.1) is 0 Å². The second-order valence-corrected chi connectivity index (χ2v) is 18.0. The van der Waals surface area contributed by atoms with E-state index >= 15 is 0 Å². The molecule has 0 radical (unpaired) electrons. The third-order valence-electron chi connectivity index (χ3n) is 6.75. The lowest BCUT2D eigenvalue weighted by Crippen LogP contribution is -2.37. The van der Waals surface area contributed by atoms with E-state index in [2.05, 4.69) is 91.8 Å². The molecule has 2 aromatic rings. The second kappa shape index (κ2) is 9.61. The van der Waals surface area contributed by atoms with Gasteiger partial charge >= 0.3 is 0 Å². The zero-order valence-corrected chi connectivity index (χ0v) is 22.5. The summed E-state index contributed by atoms with van der Waals surface area (Å²) in [6, 6.07) is 16.6. The van der Waals surface area contributed by atoms with Crippen LogP contribution < -0.4 is 10.6 Å². The first-order chi connectivity index (χ1) is 14.4. The molecule has 170 valence electrons. The maximum absolute atomic E-state index is 13.8. The van der Waals surface area contributed by atoms with Crippen molar-refractivity contribution in [3.05, 3.63) is 59.9 Å². The lowest BCUT2D eigenvalue weighted by atomic mass is 10.0. The highest BCUT2D eigenvalue weighted by atomic mass is 31.1. The molecule has 2 aromatic carbocycles. The number of rotatable bonds is 5. The van der Waals surface area contributed by atoms with E-state index < -0.39 is 7.92 Å². The smallest absolute Gasteiger partial charge is 0.123 e. The van der Waals surface area contributed by atoms with Gasteiger partial charge in [0, 0.05) is 0 Å². The minimum Gasteiger partial charge on any atom is -0.207 e. The average molecular weight is 459 g/mol. The van der Waals surface area contributed by atoms with Crippen molar-refractivity contribution in [1.29, 1.82) is 0 Å². The van der Waals surface area contributed by atoms with Gasteiger partial charge in [0.2, 0.25) is 0 Å². The Morgan fingerprint density at radius 2 is 1.29 bits per heavy atom. The number of hydrogen-bond acceptors (Lipinski definition) is 0. The van der Waals surface area contributed by atoms with Gasteiger partial charge in [-0.15, -0.1) is 0 Å². The normalized spacial score (nSPS) is 22.0. The molecule has 1 saturated carbocycles. The van der Waals surface area contributed by atoms with E-state index in [4.69, 9.17) is 0 Å². The van der Waals surface area contributed by atoms with Crippen LogP contribution in [0.25, 0.3) is 0 Å². The molecule has 3 rings (SSSR count). The maximum atomic E-state index is 13.8. The van der Waals surface area contributed by atoms with E-state index in [1.54, 1.807) is 12.1 Å². The van der Waals surface area contributed by atoms with E-state index in [-0.39, 0.29) is 13.7 Å². The van der Waals surface area contributed by atoms with Crippen LogP contribution >= 0.6 is 15.8 Å². The Bertz CT molecular complexity index is 783. The summed E-state index contributed by atoms with van der Waals surface area (Å²) in [6.07, 6.45) is 3.95. The van der Waals surface area contributed by atoms with Crippen LogP contribution in [-0.4, -0.2) is 21.6 Å². The van der Waals surface area contributed by atoms with Crippen molar-refractivity contribution >= 4 is 26.5 Å². The molecule has 0 amide bonds. The Morgan fingerprint density at radius 3 is 1.77 bits per heavy atom. The van der Waals surface area contributed by atoms with Crippen LogP contribution in [0.2, 0.25) is 0 Å². The fourth-order valence-corrected chi connectivity index (χ4v) is 14.7. The zero-order chi connectivity index (χ0) is 23.0. The van der Waals surface area contributed by atoms with Crippen molar-refractivity contribution in [2.75, 3.05) is 0 Å². The SMILES string of the molecule is Cc1ccc(P(c2ccc(F)cc2)C2CCCC2[C@@H](C)P(C(C)(C)C)C(C)(C)C)cc1. The van der Waals surface area contributed by atoms with Gasteiger partial charge < -0.3 is 0 Å². The first-order valence-corrected chi connectivity index (χ1v) is 14.6. The Hall–Kier alpha value is -0.770. The molecule has 0 nitrogen and oxygen atoms in total. The van der Waals surface area contributed by atoms with E-state index in [1.807, 2.05) is 0 Å². The zero-order valence-electron chi connectivity index (χ0n) is 20.7. The van der Waals surface area contributed by atoms with Gasteiger partial charge in [0.15, 0.2) is 0 Å². The molecule has 31 heavy (non-hydrogen) atoms. The van der Waals surface area contributed by atoms with Crippen molar-refractivity contribution < 1.29 is 4.39 Å². The van der Waals surface area contributed by atoms with Crippen LogP contribution in [0, 0.1) is 18.7 Å². The average Bonchev–Trinajstić information content (AvgIpc) is 3.12. The minimum atomic E-state index is -0.501. The maximum Gasteiger partial charge on any atom is 0.123 e. The monoisotopic (exact) mass is 458 g/mol. The van der Waals surface area contributed by atoms with Gasteiger partial charge in [-0.3, -0.25) is 0 Å². The Kier molecular flexibility index (Phi) is 7.71. The molecule has 0 heterocycles. The predicted octanol–water partition coefficient (Wildman–Crippen LogP) is 8.20. The molecule has 0 aromatic heterocycles. The first kappa shape index (κ1) is 24.9. The molecule has 4 atom stereocenters. The molecule has 3 heteroatoms. The molecule has 0 aliphatic heterocycles. The topological polar surface area (TPSA) is 0 Å². The largest absolute Gasteiger partial charge is 0.207 e. The summed E-state index contributed by atoms with van der Waals surface area (Å²) in [4.78, 5) is 0. The number of aryl methyl sites for hydroxylation is 1. The summed E-state index contributed by atoms with van der Waals surface area (Å²) < 4.78 is 13.8. The van der Waals surface area contributed by atoms with Crippen molar-refractivity contribution in [1.82, 2.24) is 0 Å². The van der Waals surface area contributed by atoms with Gasteiger partial charge in [0.1, 0.15) is 5.82 Å². The molecule has 1 fully saturated rings. The molecule has 0 bridgehead atoms. The standard InChI is InChI=1S/C28H41FP2/c1-20-12-16-23(17-13-20)30(24-18-14-22(29)15-19-24)26-11-9-10-25(26)21(2)31(27(3,4)5)28(6,7)8/h12-19,21,25-26H,9-11H2,1-8H3/t21-,25?,26?,30?/m1/s1. The van der Waals surface area contributed by atoms with Crippen molar-refractivity contribution in [3.63, 3.8) is 0 Å². The summed E-state index contributed by atoms with van der Waals surface area (Å²) >= 11 is 0. The number of benzene rings is 2. The summed E-state index contributed by atoms with van der Waals surface area (Å²) in [6.45, 7) is 19.4. The molecule has 1 aliphatic rings. The number of hydrogen-bond donors (Lipinski definition) is 0. The molecule has 3 unspecified atom stereocenters. The predicted molar refractivity (Wildman–Crippen MR) is 141 cm³/mol. The fourth-order valence-electron chi connectivity index (χ4n) is 6.11. The molecule has 0 spiro atoms. The Labute approximate surface area is 192 Å². The lowest BCUT2D eigenvalue weighted by molar-refractivity contribution is 0.527. The highest BCUT2D eigenvalue weighted by molar-refractivity contribution is 7.73. The molecule has 0 N–H and O–H groups in total. The van der Waals surface area contributed by atoms with Crippen LogP contribution in [0.15, 0.2) is 48.5 Å². The third kappa shape index (κ3) is 5.78. The van der Waals surface area contributed by atoms with Crippen LogP contribution in [-0.2, 0) is 0 Å². The molecular formula is C28H41FP2. The van der Waals surface area contributed by atoms with Crippen LogP contribution in [0.4, 0.5) is 4.39 Å². The van der Waals surface area contributed by atoms with Gasteiger partial charge in [-0.05, 0) is 78.0 Å². The summed E-state index contributed by atoms with van der Waals surface area (Å²) in [5.74, 6) is 0.602. The van der Waals surface area contributed by atoms with E-state index in [9.17, 15) is 4.39 Å². The third-order valence-corrected chi connectivity index (χ3v) is 13.9. The molecule has 0 saturated heterocycles. The van der Waals surface area contributed by atoms with E-state index in [0.29, 0.717) is 16.0 Å². The Balaban J connectivity index is 2.03. The minimum absolute atomic E-state index is 0.136. The van der Waals surface area contributed by atoms with Gasteiger partial charge in [-0.1, -0.05) is 105 Å². The summed E-state index contributed by atoms with van der Waals surface area (Å²) in [5, 5.41) is 3.46. The lowest BCUT2D eigenvalue weighted by Gasteiger charge is -2.49. The van der Waals surface area contributed by atoms with Crippen molar-refractivity contribution in [3.8, 4) is 0 Å². The summed E-state index contributed by atoms with van der Waals surface area (Å²) in [5.41, 5.74) is 2.70. The molecular weight excluding hydrogens is 417 g/mol. The van der Waals surface area contributed by atoms with Crippen molar-refractivity contribution in [2.24, 2.45) is 5.92 Å². The highest BCUT2D eigenvalue weighted by Crippen LogP contribution is 2.67. The fraction of sp³-hybridized carbons (Fsp3) is 0.571. The quantitative estimate of drug-likeness (QED) is 0.396. The summed E-state index contributed by atoms with van der Waals surface area (Å²) in [7, 11) is -0.665. The van der Waals surface area contributed by atoms with Gasteiger partial charge in [-0.25, -0.2) is 4.39 Å². The van der Waals surface area contributed by atoms with Gasteiger partial charge in [-0.2, -0.15) is 0 Å². The first-order valence-electron chi connectivity index (χ1n) is 11.8.